The molecule has 1 aliphatic rings. The Labute approximate surface area is 271 Å². The van der Waals surface area contributed by atoms with Gasteiger partial charge in [0.1, 0.15) is 11.0 Å². The van der Waals surface area contributed by atoms with Crippen molar-refractivity contribution in [1.29, 1.82) is 0 Å². The van der Waals surface area contributed by atoms with E-state index in [2.05, 4.69) is 29.2 Å². The van der Waals surface area contributed by atoms with E-state index in [1.807, 2.05) is 78.9 Å². The largest absolute Gasteiger partial charge is 0.436 e. The third kappa shape index (κ3) is 3.88. The van der Waals surface area contributed by atoms with Crippen molar-refractivity contribution in [1.82, 2.24) is 9.97 Å². The Bertz CT molecular complexity index is 2780. The summed E-state index contributed by atoms with van der Waals surface area (Å²) in [5, 5.41) is 1.35. The van der Waals surface area contributed by atoms with Gasteiger partial charge in [-0.25, -0.2) is 9.97 Å². The second kappa shape index (κ2) is 9.56. The van der Waals surface area contributed by atoms with Crippen LogP contribution in [0.4, 0.5) is 17.1 Å². The third-order valence-corrected chi connectivity index (χ3v) is 10.5. The van der Waals surface area contributed by atoms with Crippen molar-refractivity contribution < 1.29 is 14.3 Å². The number of anilines is 3. The Kier molecular flexibility index (Phi) is 4.54. The van der Waals surface area contributed by atoms with E-state index >= 15 is 0 Å². The van der Waals surface area contributed by atoms with E-state index in [4.69, 9.17) is 24.3 Å². The van der Waals surface area contributed by atoms with Gasteiger partial charge in [0, 0.05) is 37.2 Å². The lowest BCUT2D eigenvalue weighted by Crippen LogP contribution is -2.15. The van der Waals surface area contributed by atoms with Gasteiger partial charge in [-0.1, -0.05) is 66.3 Å². The van der Waals surface area contributed by atoms with Crippen LogP contribution < -0.4 is 4.90 Å². The molecule has 0 spiro atoms. The highest BCUT2D eigenvalue weighted by atomic mass is 32.2. The zero-order chi connectivity index (χ0) is 33.0. The quantitative estimate of drug-likeness (QED) is 0.196. The van der Waals surface area contributed by atoms with Crippen LogP contribution in [0.2, 0.25) is 0 Å². The molecule has 0 amide bonds. The number of fused-ring (bicyclic) bond motifs is 8. The van der Waals surface area contributed by atoms with Gasteiger partial charge < -0.3 is 13.7 Å². The lowest BCUT2D eigenvalue weighted by Gasteiger charge is -2.33. The minimum absolute atomic E-state index is 0.0201. The zero-order valence-corrected chi connectivity index (χ0v) is 24.9. The van der Waals surface area contributed by atoms with Crippen LogP contribution >= 0.6 is 23.1 Å². The van der Waals surface area contributed by atoms with Gasteiger partial charge in [0.05, 0.1) is 26.5 Å². The topological polar surface area (TPSA) is 55.3 Å². The maximum atomic E-state index is 8.74. The molecule has 0 N–H and O–H groups in total. The van der Waals surface area contributed by atoms with E-state index in [0.29, 0.717) is 21.9 Å². The second-order valence-corrected chi connectivity index (χ2v) is 12.8. The van der Waals surface area contributed by atoms with Crippen LogP contribution in [-0.2, 0) is 0 Å². The minimum Gasteiger partial charge on any atom is -0.436 e. The summed E-state index contributed by atoms with van der Waals surface area (Å²) in [4.78, 5) is 13.6. The molecule has 0 radical (unpaired) electrons. The molecule has 5 nitrogen and oxygen atoms in total. The van der Waals surface area contributed by atoms with E-state index in [0.717, 1.165) is 70.3 Å². The molecule has 10 rings (SSSR count). The Morgan fingerprint density at radius 1 is 0.644 bits per heavy atom. The Morgan fingerprint density at radius 3 is 2.13 bits per heavy atom. The first kappa shape index (κ1) is 21.4. The molecule has 7 heteroatoms. The van der Waals surface area contributed by atoms with Gasteiger partial charge >= 0.3 is 0 Å². The smallest absolute Gasteiger partial charge is 0.227 e. The second-order valence-electron chi connectivity index (χ2n) is 10.7. The Hall–Kier alpha value is -5.37. The average Bonchev–Trinajstić information content (AvgIpc) is 3.87. The predicted molar refractivity (Wildman–Crippen MR) is 184 cm³/mol. The average molecular weight is 620 g/mol. The first-order valence-electron chi connectivity index (χ1n) is 16.3. The molecule has 0 atom stereocenters. The van der Waals surface area contributed by atoms with Crippen LogP contribution in [0.25, 0.3) is 65.3 Å². The molecule has 0 saturated carbocycles. The maximum absolute atomic E-state index is 8.74. The van der Waals surface area contributed by atoms with Gasteiger partial charge in [0.2, 0.25) is 11.8 Å². The number of nitrogens with zero attached hydrogens (tertiary/aromatic N) is 3. The number of rotatable bonds is 3. The summed E-state index contributed by atoms with van der Waals surface area (Å²) in [6.07, 6.45) is 0. The molecule has 212 valence electrons. The molecule has 9 aromatic rings. The van der Waals surface area contributed by atoms with E-state index in [1.165, 1.54) is 11.3 Å². The molecule has 0 bridgehead atoms. The first-order chi connectivity index (χ1) is 23.9. The molecule has 3 aromatic heterocycles. The molecular weight excluding hydrogens is 595 g/mol. The molecule has 45 heavy (non-hydrogen) atoms. The fraction of sp³-hybridized carbons (Fsp3) is 0. The third-order valence-electron chi connectivity index (χ3n) is 8.06. The maximum Gasteiger partial charge on any atom is 0.227 e. The number of hydrogen-bond acceptors (Lipinski definition) is 7. The van der Waals surface area contributed by atoms with Crippen LogP contribution in [0.15, 0.2) is 146 Å². The Balaban J connectivity index is 1.20. The van der Waals surface area contributed by atoms with Crippen molar-refractivity contribution in [2.75, 3.05) is 4.90 Å². The van der Waals surface area contributed by atoms with Crippen molar-refractivity contribution in [3.8, 4) is 22.9 Å². The van der Waals surface area contributed by atoms with Crippen LogP contribution in [0.5, 0.6) is 0 Å². The summed E-state index contributed by atoms with van der Waals surface area (Å²) >= 11 is 3.02. The summed E-state index contributed by atoms with van der Waals surface area (Å²) in [6.45, 7) is 0. The molecule has 1 aliphatic heterocycles. The molecule has 4 heterocycles. The van der Waals surface area contributed by atoms with Crippen molar-refractivity contribution in [2.45, 2.75) is 9.79 Å². The summed E-state index contributed by atoms with van der Waals surface area (Å²) in [6, 6.07) is 33.3. The lowest BCUT2D eigenvalue weighted by atomic mass is 10.1. The highest BCUT2D eigenvalue weighted by Gasteiger charge is 2.29. The van der Waals surface area contributed by atoms with Gasteiger partial charge in [-0.3, -0.25) is 0 Å². The van der Waals surface area contributed by atoms with Crippen molar-refractivity contribution in [2.24, 2.45) is 0 Å². The highest BCUT2D eigenvalue weighted by Crippen LogP contribution is 2.56. The van der Waals surface area contributed by atoms with E-state index in [-0.39, 0.29) is 24.2 Å². The van der Waals surface area contributed by atoms with Crippen LogP contribution in [0, 0.1) is 0 Å². The van der Waals surface area contributed by atoms with Crippen LogP contribution in [0.1, 0.15) is 5.48 Å². The minimum atomic E-state index is -0.228. The van der Waals surface area contributed by atoms with Gasteiger partial charge in [-0.05, 0) is 72.8 Å². The molecule has 0 unspecified atom stereocenters. The summed E-state index contributed by atoms with van der Waals surface area (Å²) < 4.78 is 47.8. The van der Waals surface area contributed by atoms with E-state index in [1.54, 1.807) is 11.8 Å². The molecule has 6 aromatic carbocycles. The fourth-order valence-electron chi connectivity index (χ4n) is 6.00. The molecule has 0 fully saturated rings. The van der Waals surface area contributed by atoms with Gasteiger partial charge in [0.25, 0.3) is 0 Å². The Morgan fingerprint density at radius 2 is 1.36 bits per heavy atom. The summed E-state index contributed by atoms with van der Waals surface area (Å²) in [7, 11) is 0. The molecular formula is C38H21N3O2S2. The van der Waals surface area contributed by atoms with E-state index < -0.39 is 0 Å². The monoisotopic (exact) mass is 619 g/mol. The normalized spacial score (nSPS) is 14.0. The number of aromatic nitrogens is 2. The van der Waals surface area contributed by atoms with Gasteiger partial charge in [-0.2, -0.15) is 0 Å². The van der Waals surface area contributed by atoms with Gasteiger partial charge in [-0.15, -0.1) is 11.3 Å². The predicted octanol–water partition coefficient (Wildman–Crippen LogP) is 11.6. The highest BCUT2D eigenvalue weighted by molar-refractivity contribution is 8.00. The SMILES string of the molecule is [2H]c1c([2H])c([2H])c2c(sc3c4c(ccc32)N(c2cccc(-c3nc5ccccc5o3)c2)c2ccc(-c3nc5ccccc5o3)cc2S4)c1[2H]. The first-order valence-corrected chi connectivity index (χ1v) is 16.0. The lowest BCUT2D eigenvalue weighted by molar-refractivity contribution is 0.619. The zero-order valence-electron chi connectivity index (χ0n) is 27.3. The van der Waals surface area contributed by atoms with Gasteiger partial charge in [0.15, 0.2) is 11.2 Å². The number of oxazole rings is 2. The molecule has 0 aliphatic carbocycles. The summed E-state index contributed by atoms with van der Waals surface area (Å²) in [5.74, 6) is 1.06. The standard InChI is InChI=1S/C38H21N3O2S2/c1-6-15-33-25(10-1)26-17-19-30-36(35(26)44-33)45-34-21-23(38-40-28-12-3-5-14-32(28)43-38)16-18-29(34)41(30)24-9-7-8-22(20-24)37-39-27-11-2-4-13-31(27)42-37/h1-21H/i1D,6D,10D,15D. The number of hydrogen-bond donors (Lipinski definition) is 0. The number of para-hydroxylation sites is 4. The summed E-state index contributed by atoms with van der Waals surface area (Å²) in [5.41, 5.74) is 7.52. The number of benzene rings is 6. The van der Waals surface area contributed by atoms with Crippen LogP contribution in [-0.4, -0.2) is 9.97 Å². The van der Waals surface area contributed by atoms with Crippen LogP contribution in [0.3, 0.4) is 0 Å². The molecule has 0 saturated heterocycles. The van der Waals surface area contributed by atoms with E-state index in [9.17, 15) is 0 Å². The number of thiophene rings is 1. The van der Waals surface area contributed by atoms with Crippen molar-refractivity contribution >= 4 is 82.5 Å². The van der Waals surface area contributed by atoms with Crippen molar-refractivity contribution in [3.63, 3.8) is 0 Å². The fourth-order valence-corrected chi connectivity index (χ4v) is 8.43. The van der Waals surface area contributed by atoms with Crippen molar-refractivity contribution in [3.05, 3.63) is 127 Å².